The van der Waals surface area contributed by atoms with E-state index in [1.54, 1.807) is 24.3 Å². The number of alkyl halides is 3. The smallest absolute Gasteiger partial charge is 0.398 e. The molecule has 1 nitrogen and oxygen atoms in total. The fourth-order valence-corrected chi connectivity index (χ4v) is 1.19. The lowest BCUT2D eigenvalue weighted by molar-refractivity contribution is -0.0912. The highest BCUT2D eigenvalue weighted by molar-refractivity contribution is 5.54. The van der Waals surface area contributed by atoms with Gasteiger partial charge in [0.25, 0.3) is 0 Å². The van der Waals surface area contributed by atoms with Crippen LogP contribution in [0.3, 0.4) is 0 Å². The minimum Gasteiger partial charge on any atom is -0.398 e. The second-order valence-corrected chi connectivity index (χ2v) is 3.44. The first-order valence-electron chi connectivity index (χ1n) is 4.61. The van der Waals surface area contributed by atoms with Crippen LogP contribution in [0.5, 0.6) is 0 Å². The zero-order valence-electron chi connectivity index (χ0n) is 8.81. The Morgan fingerprint density at radius 3 is 2.38 bits per heavy atom. The average molecular weight is 227 g/mol. The van der Waals surface area contributed by atoms with Crippen LogP contribution in [0.15, 0.2) is 35.9 Å². The summed E-state index contributed by atoms with van der Waals surface area (Å²) in [5.41, 5.74) is 4.94. The van der Waals surface area contributed by atoms with Crippen molar-refractivity contribution in [3.8, 4) is 0 Å². The topological polar surface area (TPSA) is 26.0 Å². The number of hydrogen-bond donors (Lipinski definition) is 1. The molecule has 0 saturated heterocycles. The minimum atomic E-state index is -4.35. The summed E-state index contributed by atoms with van der Waals surface area (Å²) in [5.74, 6) is 0. The van der Waals surface area contributed by atoms with Crippen LogP contribution < -0.4 is 16.2 Å². The van der Waals surface area contributed by atoms with Gasteiger partial charge in [-0.1, -0.05) is 30.8 Å². The van der Waals surface area contributed by atoms with Crippen LogP contribution in [0.25, 0.3) is 12.3 Å². The van der Waals surface area contributed by atoms with E-state index < -0.39 is 11.7 Å². The van der Waals surface area contributed by atoms with Gasteiger partial charge in [-0.05, 0) is 18.2 Å². The fourth-order valence-electron chi connectivity index (χ4n) is 1.19. The maximum Gasteiger partial charge on any atom is 0.412 e. The molecule has 0 heterocycles. The van der Waals surface area contributed by atoms with Gasteiger partial charge in [-0.3, -0.25) is 0 Å². The first-order chi connectivity index (χ1) is 7.32. The van der Waals surface area contributed by atoms with Gasteiger partial charge in [0, 0.05) is 16.5 Å². The SMILES string of the molecule is C=c1cccc/c1=C(N)/C=C(\C)C(F)(F)F. The monoisotopic (exact) mass is 227 g/mol. The molecular weight excluding hydrogens is 215 g/mol. The second kappa shape index (κ2) is 4.43. The number of rotatable bonds is 1. The van der Waals surface area contributed by atoms with Gasteiger partial charge in [-0.15, -0.1) is 0 Å². The molecule has 86 valence electrons. The summed E-state index contributed by atoms with van der Waals surface area (Å²) < 4.78 is 36.8. The summed E-state index contributed by atoms with van der Waals surface area (Å²) in [6.45, 7) is 4.68. The van der Waals surface area contributed by atoms with E-state index in [-0.39, 0.29) is 5.70 Å². The molecule has 0 aromatic heterocycles. The highest BCUT2D eigenvalue weighted by Gasteiger charge is 2.29. The molecular formula is C12H12F3N. The van der Waals surface area contributed by atoms with Crippen LogP contribution >= 0.6 is 0 Å². The van der Waals surface area contributed by atoms with Crippen molar-refractivity contribution < 1.29 is 13.2 Å². The third-order valence-electron chi connectivity index (χ3n) is 2.15. The molecule has 0 saturated carbocycles. The normalized spacial score (nSPS) is 14.9. The van der Waals surface area contributed by atoms with Crippen LogP contribution in [0.2, 0.25) is 0 Å². The fraction of sp³-hybridized carbons (Fsp3) is 0.167. The number of benzene rings is 1. The first kappa shape index (κ1) is 12.4. The zero-order chi connectivity index (χ0) is 12.3. The van der Waals surface area contributed by atoms with Gasteiger partial charge in [0.05, 0.1) is 0 Å². The predicted octanol–water partition coefficient (Wildman–Crippen LogP) is 1.67. The molecule has 0 fully saturated rings. The van der Waals surface area contributed by atoms with Gasteiger partial charge in [0.1, 0.15) is 0 Å². The van der Waals surface area contributed by atoms with E-state index in [2.05, 4.69) is 6.58 Å². The Morgan fingerprint density at radius 2 is 1.88 bits per heavy atom. The van der Waals surface area contributed by atoms with Crippen LogP contribution in [-0.2, 0) is 0 Å². The van der Waals surface area contributed by atoms with Gasteiger partial charge in [0.2, 0.25) is 0 Å². The quantitative estimate of drug-likeness (QED) is 0.776. The molecule has 0 aliphatic rings. The van der Waals surface area contributed by atoms with Crippen LogP contribution in [0.4, 0.5) is 13.2 Å². The number of nitrogens with two attached hydrogens (primary N) is 1. The van der Waals surface area contributed by atoms with Crippen LogP contribution in [-0.4, -0.2) is 6.18 Å². The standard InChI is InChI=1S/C12H12F3N/c1-8-5-3-4-6-10(8)11(16)7-9(2)12(13,14)15/h3-7H,1,16H2,2H3/b9-7+,11-10+. The van der Waals surface area contributed by atoms with Gasteiger partial charge in [-0.25, -0.2) is 0 Å². The molecule has 0 bridgehead atoms. The molecule has 1 aromatic carbocycles. The lowest BCUT2D eigenvalue weighted by Gasteiger charge is -2.06. The number of hydrogen-bond acceptors (Lipinski definition) is 1. The van der Waals surface area contributed by atoms with Crippen molar-refractivity contribution in [1.82, 2.24) is 0 Å². The molecule has 0 amide bonds. The van der Waals surface area contributed by atoms with Crippen molar-refractivity contribution in [2.24, 2.45) is 5.73 Å². The molecule has 0 radical (unpaired) electrons. The minimum absolute atomic E-state index is 0.0698. The first-order valence-corrected chi connectivity index (χ1v) is 4.61. The summed E-state index contributed by atoms with van der Waals surface area (Å²) in [4.78, 5) is 0. The van der Waals surface area contributed by atoms with E-state index in [1.807, 2.05) is 0 Å². The van der Waals surface area contributed by atoms with Crippen LogP contribution in [0, 0.1) is 0 Å². The van der Waals surface area contributed by atoms with Gasteiger partial charge < -0.3 is 5.73 Å². The van der Waals surface area contributed by atoms with Gasteiger partial charge >= 0.3 is 6.18 Å². The van der Waals surface area contributed by atoms with Crippen molar-refractivity contribution in [2.75, 3.05) is 0 Å². The summed E-state index contributed by atoms with van der Waals surface area (Å²) in [6.07, 6.45) is -3.43. The Morgan fingerprint density at radius 1 is 1.31 bits per heavy atom. The molecule has 4 heteroatoms. The third kappa shape index (κ3) is 2.89. The third-order valence-corrected chi connectivity index (χ3v) is 2.15. The highest BCUT2D eigenvalue weighted by Crippen LogP contribution is 2.25. The molecule has 16 heavy (non-hydrogen) atoms. The summed E-state index contributed by atoms with van der Waals surface area (Å²) in [6, 6.07) is 6.78. The van der Waals surface area contributed by atoms with E-state index in [4.69, 9.17) is 5.73 Å². The van der Waals surface area contributed by atoms with E-state index >= 15 is 0 Å². The largest absolute Gasteiger partial charge is 0.412 e. The molecule has 0 aliphatic heterocycles. The van der Waals surface area contributed by atoms with E-state index in [0.717, 1.165) is 13.0 Å². The molecule has 1 aromatic rings. The van der Waals surface area contributed by atoms with E-state index in [1.165, 1.54) is 0 Å². The lowest BCUT2D eigenvalue weighted by atomic mass is 10.1. The molecule has 0 spiro atoms. The lowest BCUT2D eigenvalue weighted by Crippen LogP contribution is -2.27. The Hall–Kier alpha value is -1.71. The van der Waals surface area contributed by atoms with Gasteiger partial charge in [-0.2, -0.15) is 13.2 Å². The van der Waals surface area contributed by atoms with Crippen LogP contribution in [0.1, 0.15) is 6.92 Å². The molecule has 0 atom stereocenters. The van der Waals surface area contributed by atoms with Crippen molar-refractivity contribution >= 4 is 12.3 Å². The van der Waals surface area contributed by atoms with Crippen molar-refractivity contribution in [3.63, 3.8) is 0 Å². The van der Waals surface area contributed by atoms with E-state index in [9.17, 15) is 13.2 Å². The highest BCUT2D eigenvalue weighted by atomic mass is 19.4. The molecule has 1 rings (SSSR count). The predicted molar refractivity (Wildman–Crippen MR) is 58.6 cm³/mol. The van der Waals surface area contributed by atoms with Crippen molar-refractivity contribution in [1.29, 1.82) is 0 Å². The summed E-state index contributed by atoms with van der Waals surface area (Å²) >= 11 is 0. The van der Waals surface area contributed by atoms with Gasteiger partial charge in [0.15, 0.2) is 0 Å². The van der Waals surface area contributed by atoms with Crippen molar-refractivity contribution in [2.45, 2.75) is 13.1 Å². The Bertz CT molecular complexity index is 512. The Labute approximate surface area is 91.4 Å². The molecule has 0 aliphatic carbocycles. The second-order valence-electron chi connectivity index (χ2n) is 3.44. The van der Waals surface area contributed by atoms with Crippen molar-refractivity contribution in [3.05, 3.63) is 46.4 Å². The Balaban J connectivity index is 3.33. The average Bonchev–Trinajstić information content (AvgIpc) is 2.16. The maximum absolute atomic E-state index is 12.3. The molecule has 0 unspecified atom stereocenters. The number of halogens is 3. The maximum atomic E-state index is 12.3. The van der Waals surface area contributed by atoms with E-state index in [0.29, 0.717) is 10.4 Å². The Kier molecular flexibility index (Phi) is 3.42. The summed E-state index contributed by atoms with van der Waals surface area (Å²) in [5, 5.41) is 1.12. The zero-order valence-corrected chi connectivity index (χ0v) is 8.81. The number of allylic oxidation sites excluding steroid dienone is 1. The molecule has 2 N–H and O–H groups in total. The summed E-state index contributed by atoms with van der Waals surface area (Å²) in [7, 11) is 0.